The smallest absolute Gasteiger partial charge is 0.120 e. The average molecular weight is 209 g/mol. The first-order chi connectivity index (χ1) is 6.93. The first-order valence-electron chi connectivity index (χ1n) is 5.47. The molecule has 1 saturated heterocycles. The van der Waals surface area contributed by atoms with Gasteiger partial charge in [0.15, 0.2) is 0 Å². The number of aromatic nitrogens is 2. The fourth-order valence-corrected chi connectivity index (χ4v) is 3.16. The lowest BCUT2D eigenvalue weighted by molar-refractivity contribution is 0.457. The SMILES string of the molecule is C1CC(c2nnc(C3CC3)s2)CCN1. The second-order valence-electron chi connectivity index (χ2n) is 4.28. The van der Waals surface area contributed by atoms with Gasteiger partial charge >= 0.3 is 0 Å². The van der Waals surface area contributed by atoms with Gasteiger partial charge in [0.1, 0.15) is 10.0 Å². The van der Waals surface area contributed by atoms with Crippen LogP contribution in [0.2, 0.25) is 0 Å². The van der Waals surface area contributed by atoms with Crippen LogP contribution < -0.4 is 5.32 Å². The van der Waals surface area contributed by atoms with Crippen molar-refractivity contribution in [2.24, 2.45) is 0 Å². The monoisotopic (exact) mass is 209 g/mol. The van der Waals surface area contributed by atoms with E-state index in [1.807, 2.05) is 11.3 Å². The van der Waals surface area contributed by atoms with Crippen molar-refractivity contribution in [2.45, 2.75) is 37.5 Å². The highest BCUT2D eigenvalue weighted by molar-refractivity contribution is 7.11. The Bertz CT molecular complexity index is 313. The van der Waals surface area contributed by atoms with Crippen molar-refractivity contribution in [2.75, 3.05) is 13.1 Å². The lowest BCUT2D eigenvalue weighted by Crippen LogP contribution is -2.26. The Balaban J connectivity index is 1.74. The van der Waals surface area contributed by atoms with Crippen LogP contribution in [0.1, 0.15) is 47.5 Å². The minimum Gasteiger partial charge on any atom is -0.317 e. The molecule has 2 aliphatic rings. The van der Waals surface area contributed by atoms with Gasteiger partial charge in [-0.25, -0.2) is 0 Å². The summed E-state index contributed by atoms with van der Waals surface area (Å²) in [6.07, 6.45) is 5.14. The summed E-state index contributed by atoms with van der Waals surface area (Å²) in [7, 11) is 0. The molecule has 2 fully saturated rings. The molecule has 3 rings (SSSR count). The third kappa shape index (κ3) is 1.68. The maximum Gasteiger partial charge on any atom is 0.120 e. The number of nitrogens with one attached hydrogen (secondary N) is 1. The van der Waals surface area contributed by atoms with Crippen molar-refractivity contribution in [3.63, 3.8) is 0 Å². The lowest BCUT2D eigenvalue weighted by atomic mass is 9.99. The van der Waals surface area contributed by atoms with E-state index in [1.165, 1.54) is 35.7 Å². The van der Waals surface area contributed by atoms with E-state index in [0.29, 0.717) is 5.92 Å². The molecule has 0 atom stereocenters. The number of rotatable bonds is 2. The molecule has 1 aliphatic heterocycles. The lowest BCUT2D eigenvalue weighted by Gasteiger charge is -2.19. The van der Waals surface area contributed by atoms with Crippen molar-refractivity contribution in [3.05, 3.63) is 10.0 Å². The molecule has 1 aromatic heterocycles. The third-order valence-electron chi connectivity index (χ3n) is 3.07. The molecule has 3 nitrogen and oxygen atoms in total. The Morgan fingerprint density at radius 2 is 1.50 bits per heavy atom. The van der Waals surface area contributed by atoms with E-state index < -0.39 is 0 Å². The van der Waals surface area contributed by atoms with Crippen LogP contribution in [0, 0.1) is 0 Å². The second-order valence-corrected chi connectivity index (χ2v) is 5.32. The first kappa shape index (κ1) is 8.80. The Morgan fingerprint density at radius 3 is 2.07 bits per heavy atom. The third-order valence-corrected chi connectivity index (χ3v) is 4.32. The molecule has 0 amide bonds. The number of hydrogen-bond donors (Lipinski definition) is 1. The van der Waals surface area contributed by atoms with Crippen LogP contribution in [-0.2, 0) is 0 Å². The van der Waals surface area contributed by atoms with E-state index in [4.69, 9.17) is 0 Å². The van der Waals surface area contributed by atoms with E-state index in [0.717, 1.165) is 19.0 Å². The van der Waals surface area contributed by atoms with Crippen LogP contribution in [0.25, 0.3) is 0 Å². The molecule has 76 valence electrons. The second kappa shape index (κ2) is 3.59. The standard InChI is InChI=1S/C10H15N3S/c1-2-7(1)9-12-13-10(14-9)8-3-5-11-6-4-8/h7-8,11H,1-6H2. The summed E-state index contributed by atoms with van der Waals surface area (Å²) >= 11 is 1.86. The van der Waals surface area contributed by atoms with Crippen molar-refractivity contribution >= 4 is 11.3 Å². The van der Waals surface area contributed by atoms with Crippen LogP contribution >= 0.6 is 11.3 Å². The summed E-state index contributed by atoms with van der Waals surface area (Å²) in [6, 6.07) is 0. The molecule has 1 aliphatic carbocycles. The number of piperidine rings is 1. The molecule has 14 heavy (non-hydrogen) atoms. The molecule has 0 unspecified atom stereocenters. The van der Waals surface area contributed by atoms with Crippen LogP contribution in [0.4, 0.5) is 0 Å². The van der Waals surface area contributed by atoms with E-state index in [2.05, 4.69) is 15.5 Å². The van der Waals surface area contributed by atoms with Gasteiger partial charge in [-0.15, -0.1) is 21.5 Å². The van der Waals surface area contributed by atoms with Crippen molar-refractivity contribution in [3.8, 4) is 0 Å². The maximum absolute atomic E-state index is 4.34. The molecule has 0 spiro atoms. The molecule has 1 N–H and O–H groups in total. The summed E-state index contributed by atoms with van der Waals surface area (Å²) < 4.78 is 0. The summed E-state index contributed by atoms with van der Waals surface area (Å²) in [5.74, 6) is 1.45. The summed E-state index contributed by atoms with van der Waals surface area (Å²) in [5, 5.41) is 14.6. The van der Waals surface area contributed by atoms with Crippen LogP contribution in [-0.4, -0.2) is 23.3 Å². The minimum absolute atomic E-state index is 0.682. The van der Waals surface area contributed by atoms with Gasteiger partial charge in [0.2, 0.25) is 0 Å². The van der Waals surface area contributed by atoms with Crippen molar-refractivity contribution in [1.29, 1.82) is 0 Å². The number of nitrogens with zero attached hydrogens (tertiary/aromatic N) is 2. The van der Waals surface area contributed by atoms with E-state index in [-0.39, 0.29) is 0 Å². The van der Waals surface area contributed by atoms with Gasteiger partial charge in [-0.1, -0.05) is 0 Å². The van der Waals surface area contributed by atoms with E-state index in [9.17, 15) is 0 Å². The molecular formula is C10H15N3S. The molecule has 0 bridgehead atoms. The van der Waals surface area contributed by atoms with Gasteiger partial charge in [-0.2, -0.15) is 0 Å². The topological polar surface area (TPSA) is 37.8 Å². The fourth-order valence-electron chi connectivity index (χ4n) is 1.98. The highest BCUT2D eigenvalue weighted by Gasteiger charge is 2.29. The number of hydrogen-bond acceptors (Lipinski definition) is 4. The van der Waals surface area contributed by atoms with Crippen LogP contribution in [0.5, 0.6) is 0 Å². The normalized spacial score (nSPS) is 24.0. The molecule has 0 radical (unpaired) electrons. The van der Waals surface area contributed by atoms with Gasteiger partial charge in [-0.05, 0) is 38.8 Å². The maximum atomic E-state index is 4.34. The van der Waals surface area contributed by atoms with Crippen LogP contribution in [0.3, 0.4) is 0 Å². The van der Waals surface area contributed by atoms with Gasteiger partial charge in [0, 0.05) is 11.8 Å². The average Bonchev–Trinajstić information content (AvgIpc) is 2.98. The molecular weight excluding hydrogens is 194 g/mol. The Kier molecular flexibility index (Phi) is 2.25. The molecule has 0 aromatic carbocycles. The highest BCUT2D eigenvalue weighted by Crippen LogP contribution is 2.42. The molecule has 1 saturated carbocycles. The Hall–Kier alpha value is -0.480. The first-order valence-corrected chi connectivity index (χ1v) is 6.29. The van der Waals surface area contributed by atoms with Crippen LogP contribution in [0.15, 0.2) is 0 Å². The highest BCUT2D eigenvalue weighted by atomic mass is 32.1. The van der Waals surface area contributed by atoms with Gasteiger partial charge in [0.05, 0.1) is 0 Å². The molecule has 2 heterocycles. The predicted octanol–water partition coefficient (Wildman–Crippen LogP) is 1.88. The van der Waals surface area contributed by atoms with Gasteiger partial charge in [-0.3, -0.25) is 0 Å². The molecule has 1 aromatic rings. The summed E-state index contributed by atoms with van der Waals surface area (Å²) in [4.78, 5) is 0. The van der Waals surface area contributed by atoms with E-state index in [1.54, 1.807) is 0 Å². The minimum atomic E-state index is 0.682. The summed E-state index contributed by atoms with van der Waals surface area (Å²) in [6.45, 7) is 2.28. The quantitative estimate of drug-likeness (QED) is 0.808. The van der Waals surface area contributed by atoms with Crippen molar-refractivity contribution in [1.82, 2.24) is 15.5 Å². The fraction of sp³-hybridized carbons (Fsp3) is 0.800. The zero-order valence-electron chi connectivity index (χ0n) is 8.20. The van der Waals surface area contributed by atoms with Gasteiger partial charge in [0.25, 0.3) is 0 Å². The Labute approximate surface area is 87.9 Å². The predicted molar refractivity (Wildman–Crippen MR) is 56.7 cm³/mol. The van der Waals surface area contributed by atoms with E-state index >= 15 is 0 Å². The summed E-state index contributed by atoms with van der Waals surface area (Å²) in [5.41, 5.74) is 0. The zero-order valence-corrected chi connectivity index (χ0v) is 9.02. The molecule has 4 heteroatoms. The van der Waals surface area contributed by atoms with Crippen molar-refractivity contribution < 1.29 is 0 Å². The zero-order chi connectivity index (χ0) is 9.38. The Morgan fingerprint density at radius 1 is 0.929 bits per heavy atom. The largest absolute Gasteiger partial charge is 0.317 e. The van der Waals surface area contributed by atoms with Gasteiger partial charge < -0.3 is 5.32 Å².